The Bertz CT molecular complexity index is 266. The van der Waals surface area contributed by atoms with E-state index in [2.05, 4.69) is 4.99 Å². The predicted molar refractivity (Wildman–Crippen MR) is 46.3 cm³/mol. The predicted octanol–water partition coefficient (Wildman–Crippen LogP) is 2.11. The molecule has 1 aliphatic rings. The topological polar surface area (TPSA) is 29.4 Å². The van der Waals surface area contributed by atoms with Gasteiger partial charge in [-0.2, -0.15) is 0 Å². The van der Waals surface area contributed by atoms with Gasteiger partial charge >= 0.3 is 0 Å². The maximum atomic E-state index is 11.1. The summed E-state index contributed by atoms with van der Waals surface area (Å²) in [6.45, 7) is 3.40. The Morgan fingerprint density at radius 1 is 1.45 bits per heavy atom. The number of hydrogen-bond acceptors (Lipinski definition) is 2. The van der Waals surface area contributed by atoms with E-state index in [0.29, 0.717) is 11.4 Å². The number of alkyl halides is 1. The van der Waals surface area contributed by atoms with Gasteiger partial charge in [-0.15, -0.1) is 11.6 Å². The van der Waals surface area contributed by atoms with Gasteiger partial charge in [0, 0.05) is 5.71 Å². The smallest absolute Gasteiger partial charge is 0.199 e. The third-order valence-corrected chi connectivity index (χ3v) is 2.45. The van der Waals surface area contributed by atoms with Crippen LogP contribution in [-0.4, -0.2) is 16.9 Å². The van der Waals surface area contributed by atoms with Crippen molar-refractivity contribution in [1.29, 1.82) is 0 Å². The Hall–Kier alpha value is -0.340. The molecule has 0 aromatic carbocycles. The molecule has 1 heterocycles. The van der Waals surface area contributed by atoms with Crippen LogP contribution in [0.15, 0.2) is 15.7 Å². The van der Waals surface area contributed by atoms with Crippen molar-refractivity contribution in [2.45, 2.75) is 19.2 Å². The van der Waals surface area contributed by atoms with Gasteiger partial charge in [-0.25, -0.2) is 0 Å². The summed E-state index contributed by atoms with van der Waals surface area (Å²) in [5.41, 5.74) is 1.16. The van der Waals surface area contributed by atoms with E-state index in [1.165, 1.54) is 0 Å². The van der Waals surface area contributed by atoms with Gasteiger partial charge < -0.3 is 0 Å². The molecule has 60 valence electrons. The summed E-state index contributed by atoms with van der Waals surface area (Å²) in [6, 6.07) is 0. The van der Waals surface area contributed by atoms with Crippen LogP contribution in [0.1, 0.15) is 13.8 Å². The standard InChI is InChI=1S/C7H7Cl2NO/c1-3-5(8)7(11)6(9)4(2)10-3/h5H,1-2H3. The van der Waals surface area contributed by atoms with Crippen LogP contribution in [0.25, 0.3) is 0 Å². The Balaban J connectivity index is 3.11. The second-order valence-electron chi connectivity index (χ2n) is 2.38. The number of Topliss-reactive ketones (excluding diaryl/α,β-unsaturated/α-hetero) is 1. The zero-order chi connectivity index (χ0) is 8.59. The number of nitrogens with zero attached hydrogens (tertiary/aromatic N) is 1. The van der Waals surface area contributed by atoms with Gasteiger partial charge in [0.1, 0.15) is 10.4 Å². The third-order valence-electron chi connectivity index (χ3n) is 1.48. The normalized spacial score (nSPS) is 25.6. The molecule has 0 saturated heterocycles. The van der Waals surface area contributed by atoms with Crippen LogP contribution in [0.4, 0.5) is 0 Å². The molecule has 0 N–H and O–H groups in total. The molecule has 0 bridgehead atoms. The summed E-state index contributed by atoms with van der Waals surface area (Å²) >= 11 is 11.3. The fourth-order valence-corrected chi connectivity index (χ4v) is 1.21. The molecule has 1 rings (SSSR count). The molecule has 2 nitrogen and oxygen atoms in total. The Labute approximate surface area is 74.9 Å². The third kappa shape index (κ3) is 1.47. The van der Waals surface area contributed by atoms with Crippen LogP contribution in [0.2, 0.25) is 0 Å². The van der Waals surface area contributed by atoms with Crippen molar-refractivity contribution in [2.75, 3.05) is 0 Å². The maximum Gasteiger partial charge on any atom is 0.199 e. The minimum absolute atomic E-state index is 0.149. The average molecular weight is 192 g/mol. The van der Waals surface area contributed by atoms with Crippen LogP contribution in [0.3, 0.4) is 0 Å². The molecule has 1 atom stereocenters. The van der Waals surface area contributed by atoms with E-state index >= 15 is 0 Å². The van der Waals surface area contributed by atoms with Crippen LogP contribution in [0, 0.1) is 0 Å². The minimum Gasteiger partial charge on any atom is -0.291 e. The van der Waals surface area contributed by atoms with Gasteiger partial charge in [0.05, 0.1) is 5.70 Å². The molecule has 0 radical (unpaired) electrons. The Kier molecular flexibility index (Phi) is 2.35. The number of allylic oxidation sites excluding steroid dienone is 2. The van der Waals surface area contributed by atoms with Gasteiger partial charge in [-0.1, -0.05) is 11.6 Å². The van der Waals surface area contributed by atoms with Crippen LogP contribution >= 0.6 is 23.2 Å². The van der Waals surface area contributed by atoms with E-state index < -0.39 is 5.38 Å². The Morgan fingerprint density at radius 2 is 2.00 bits per heavy atom. The first-order valence-corrected chi connectivity index (χ1v) is 3.95. The second-order valence-corrected chi connectivity index (χ2v) is 3.19. The number of aliphatic imine (C=N–C) groups is 1. The molecule has 1 unspecified atom stereocenters. The highest BCUT2D eigenvalue weighted by Crippen LogP contribution is 2.22. The van der Waals surface area contributed by atoms with E-state index in [4.69, 9.17) is 23.2 Å². The molecule has 0 spiro atoms. The molecule has 11 heavy (non-hydrogen) atoms. The monoisotopic (exact) mass is 191 g/mol. The largest absolute Gasteiger partial charge is 0.291 e. The summed E-state index contributed by atoms with van der Waals surface area (Å²) in [5, 5.41) is -0.526. The average Bonchev–Trinajstić information content (AvgIpc) is 1.97. The molecule has 0 saturated carbocycles. The van der Waals surface area contributed by atoms with E-state index in [1.807, 2.05) is 0 Å². The quantitative estimate of drug-likeness (QED) is 0.540. The summed E-state index contributed by atoms with van der Waals surface area (Å²) < 4.78 is 0. The highest BCUT2D eigenvalue weighted by atomic mass is 35.5. The van der Waals surface area contributed by atoms with Gasteiger partial charge in [0.15, 0.2) is 5.78 Å². The zero-order valence-corrected chi connectivity index (χ0v) is 7.70. The lowest BCUT2D eigenvalue weighted by Crippen LogP contribution is -2.26. The Morgan fingerprint density at radius 3 is 2.55 bits per heavy atom. The zero-order valence-electron chi connectivity index (χ0n) is 6.19. The van der Waals surface area contributed by atoms with Crippen LogP contribution in [0.5, 0.6) is 0 Å². The van der Waals surface area contributed by atoms with Crippen molar-refractivity contribution in [1.82, 2.24) is 0 Å². The van der Waals surface area contributed by atoms with Crippen molar-refractivity contribution in [3.8, 4) is 0 Å². The van der Waals surface area contributed by atoms with E-state index in [1.54, 1.807) is 13.8 Å². The van der Waals surface area contributed by atoms with Crippen molar-refractivity contribution in [2.24, 2.45) is 4.99 Å². The summed E-state index contributed by atoms with van der Waals surface area (Å²) in [6.07, 6.45) is 0. The summed E-state index contributed by atoms with van der Waals surface area (Å²) in [5.74, 6) is -0.252. The number of ketones is 1. The van der Waals surface area contributed by atoms with Crippen LogP contribution in [-0.2, 0) is 4.79 Å². The minimum atomic E-state index is -0.675. The molecular formula is C7H7Cl2NO. The molecule has 4 heteroatoms. The number of hydrogen-bond donors (Lipinski definition) is 0. The highest BCUT2D eigenvalue weighted by Gasteiger charge is 2.26. The van der Waals surface area contributed by atoms with Gasteiger partial charge in [-0.05, 0) is 13.8 Å². The number of carbonyl (C=O) groups is 1. The lowest BCUT2D eigenvalue weighted by Gasteiger charge is -2.13. The summed E-state index contributed by atoms with van der Waals surface area (Å²) in [4.78, 5) is 15.2. The lowest BCUT2D eigenvalue weighted by molar-refractivity contribution is -0.113. The lowest BCUT2D eigenvalue weighted by atomic mass is 10.1. The van der Waals surface area contributed by atoms with Crippen molar-refractivity contribution in [3.05, 3.63) is 10.7 Å². The SMILES string of the molecule is CC1=NC(C)=C(Cl)C(=O)C1Cl. The first kappa shape index (κ1) is 8.75. The molecule has 1 aliphatic heterocycles. The molecule has 0 fully saturated rings. The second kappa shape index (κ2) is 2.95. The molecule has 0 amide bonds. The van der Waals surface area contributed by atoms with Gasteiger partial charge in [0.2, 0.25) is 0 Å². The number of halogens is 2. The maximum absolute atomic E-state index is 11.1. The highest BCUT2D eigenvalue weighted by molar-refractivity contribution is 6.54. The molecule has 0 aliphatic carbocycles. The first-order valence-electron chi connectivity index (χ1n) is 3.14. The molecular weight excluding hydrogens is 185 g/mol. The van der Waals surface area contributed by atoms with Crippen molar-refractivity contribution >= 4 is 34.7 Å². The molecule has 0 aromatic heterocycles. The van der Waals surface area contributed by atoms with E-state index in [9.17, 15) is 4.79 Å². The van der Waals surface area contributed by atoms with E-state index in [-0.39, 0.29) is 10.8 Å². The summed E-state index contributed by atoms with van der Waals surface area (Å²) in [7, 11) is 0. The van der Waals surface area contributed by atoms with Crippen molar-refractivity contribution < 1.29 is 4.79 Å². The number of rotatable bonds is 0. The van der Waals surface area contributed by atoms with Gasteiger partial charge in [0.25, 0.3) is 0 Å². The van der Waals surface area contributed by atoms with Crippen molar-refractivity contribution in [3.63, 3.8) is 0 Å². The number of carbonyl (C=O) groups excluding carboxylic acids is 1. The fourth-order valence-electron chi connectivity index (χ4n) is 0.850. The fraction of sp³-hybridized carbons (Fsp3) is 0.429. The van der Waals surface area contributed by atoms with Crippen LogP contribution < -0.4 is 0 Å². The van der Waals surface area contributed by atoms with Gasteiger partial charge in [-0.3, -0.25) is 9.79 Å². The molecule has 0 aromatic rings. The van der Waals surface area contributed by atoms with E-state index in [0.717, 1.165) is 0 Å². The first-order chi connectivity index (χ1) is 5.04.